The molecule has 0 bridgehead atoms. The SMILES string of the molecule is [2H][13C]([2H])([2H])N1C(=O)C(O)N=C(c2ccccc2Cl)c2cc(Cl)ccc21. The summed E-state index contributed by atoms with van der Waals surface area (Å²) in [5.41, 5.74) is 1.01. The van der Waals surface area contributed by atoms with Crippen molar-refractivity contribution in [1.29, 1.82) is 0 Å². The third-order valence-corrected chi connectivity index (χ3v) is 3.84. The van der Waals surface area contributed by atoms with Gasteiger partial charge in [-0.05, 0) is 24.3 Å². The van der Waals surface area contributed by atoms with Gasteiger partial charge in [0.1, 0.15) is 0 Å². The van der Waals surface area contributed by atoms with E-state index in [-0.39, 0.29) is 11.4 Å². The Morgan fingerprint density at radius 2 is 2.00 bits per heavy atom. The third kappa shape index (κ3) is 2.50. The number of nitrogens with zero attached hydrogens (tertiary/aromatic N) is 2. The summed E-state index contributed by atoms with van der Waals surface area (Å²) < 4.78 is 23.0. The van der Waals surface area contributed by atoms with Crippen molar-refractivity contribution in [3.63, 3.8) is 0 Å². The largest absolute Gasteiger partial charge is 0.364 e. The minimum Gasteiger partial charge on any atom is -0.364 e. The second-order valence-electron chi connectivity index (χ2n) is 4.67. The molecule has 6 heteroatoms. The van der Waals surface area contributed by atoms with Gasteiger partial charge < -0.3 is 10.0 Å². The zero-order valence-electron chi connectivity index (χ0n) is 14.1. The van der Waals surface area contributed by atoms with Gasteiger partial charge in [-0.15, -0.1) is 0 Å². The molecule has 3 rings (SSSR count). The van der Waals surface area contributed by atoms with E-state index in [9.17, 15) is 9.90 Å². The Morgan fingerprint density at radius 1 is 1.23 bits per heavy atom. The summed E-state index contributed by atoms with van der Waals surface area (Å²) in [6, 6.07) is 11.1. The summed E-state index contributed by atoms with van der Waals surface area (Å²) in [5.74, 6) is -1.05. The van der Waals surface area contributed by atoms with Crippen LogP contribution in [0.1, 0.15) is 15.2 Å². The normalized spacial score (nSPS) is 20.4. The molecule has 2 aromatic carbocycles. The average molecular weight is 339 g/mol. The molecule has 0 saturated heterocycles. The lowest BCUT2D eigenvalue weighted by molar-refractivity contribution is -0.125. The van der Waals surface area contributed by atoms with Crippen molar-refractivity contribution in [3.8, 4) is 0 Å². The smallest absolute Gasteiger partial charge is 0.278 e. The standard InChI is InChI=1S/C16H12Cl2N2O2/c1-20-13-7-6-9(17)8-11(13)14(19-15(21)16(20)22)10-4-2-3-5-12(10)18/h2-8,15,21H,1H3/i1+1D3. The van der Waals surface area contributed by atoms with E-state index in [2.05, 4.69) is 4.99 Å². The summed E-state index contributed by atoms with van der Waals surface area (Å²) >= 11 is 12.3. The number of aliphatic imine (C=N–C) groups is 1. The molecule has 1 amide bonds. The lowest BCUT2D eigenvalue weighted by atomic mass is 10.0. The molecular formula is C16H12Cl2N2O2. The van der Waals surface area contributed by atoms with Gasteiger partial charge in [0, 0.05) is 32.3 Å². The van der Waals surface area contributed by atoms with Crippen LogP contribution in [0.15, 0.2) is 47.5 Å². The summed E-state index contributed by atoms with van der Waals surface area (Å²) in [6.45, 7) is -2.80. The Labute approximate surface area is 141 Å². The lowest BCUT2D eigenvalue weighted by Gasteiger charge is -2.18. The van der Waals surface area contributed by atoms with Crippen LogP contribution >= 0.6 is 23.2 Å². The minimum absolute atomic E-state index is 0.0737. The van der Waals surface area contributed by atoms with Crippen molar-refractivity contribution in [2.45, 2.75) is 6.23 Å². The number of aliphatic hydroxyl groups is 1. The third-order valence-electron chi connectivity index (χ3n) is 3.28. The first-order valence-corrected chi connectivity index (χ1v) is 7.10. The number of benzene rings is 2. The number of carbonyl (C=O) groups excluding carboxylic acids is 1. The summed E-state index contributed by atoms with van der Waals surface area (Å²) in [4.78, 5) is 17.0. The Hall–Kier alpha value is -1.88. The van der Waals surface area contributed by atoms with Crippen LogP contribution in [0.2, 0.25) is 10.0 Å². The highest BCUT2D eigenvalue weighted by Gasteiger charge is 2.29. The number of carbonyl (C=O) groups is 1. The highest BCUT2D eigenvalue weighted by atomic mass is 35.5. The number of aliphatic hydroxyl groups excluding tert-OH is 1. The zero-order valence-corrected chi connectivity index (χ0v) is 12.6. The van der Waals surface area contributed by atoms with Gasteiger partial charge in [0.05, 0.1) is 11.4 Å². The van der Waals surface area contributed by atoms with E-state index < -0.39 is 19.1 Å². The van der Waals surface area contributed by atoms with Crippen molar-refractivity contribution in [3.05, 3.63) is 63.6 Å². The topological polar surface area (TPSA) is 52.9 Å². The van der Waals surface area contributed by atoms with Crippen molar-refractivity contribution in [2.24, 2.45) is 4.99 Å². The van der Waals surface area contributed by atoms with Gasteiger partial charge in [-0.1, -0.05) is 41.4 Å². The van der Waals surface area contributed by atoms with E-state index in [4.69, 9.17) is 27.3 Å². The number of amides is 1. The maximum absolute atomic E-state index is 12.4. The predicted octanol–water partition coefficient (Wildman–Crippen LogP) is 3.13. The van der Waals surface area contributed by atoms with Crippen LogP contribution in [0.5, 0.6) is 0 Å². The van der Waals surface area contributed by atoms with Gasteiger partial charge >= 0.3 is 0 Å². The van der Waals surface area contributed by atoms with E-state index >= 15 is 0 Å². The average Bonchev–Trinajstić information content (AvgIpc) is 2.63. The second-order valence-corrected chi connectivity index (χ2v) is 5.51. The number of rotatable bonds is 1. The number of hydrogen-bond donors (Lipinski definition) is 1. The maximum atomic E-state index is 12.4. The fourth-order valence-corrected chi connectivity index (χ4v) is 2.64. The second kappa shape index (κ2) is 5.72. The van der Waals surface area contributed by atoms with Crippen LogP contribution in [0, 0.1) is 0 Å². The minimum atomic E-state index is -2.80. The number of likely N-dealkylation sites (N-methyl/N-ethyl adjacent to an activating group) is 1. The van der Waals surface area contributed by atoms with E-state index in [1.165, 1.54) is 18.2 Å². The molecule has 4 nitrogen and oxygen atoms in total. The van der Waals surface area contributed by atoms with E-state index in [0.29, 0.717) is 26.1 Å². The first kappa shape index (κ1) is 11.7. The molecule has 112 valence electrons. The molecule has 1 aliphatic rings. The maximum Gasteiger partial charge on any atom is 0.278 e. The Kier molecular flexibility index (Phi) is 3.03. The number of hydrogen-bond acceptors (Lipinski definition) is 3. The lowest BCUT2D eigenvalue weighted by Crippen LogP contribution is -2.34. The number of fused-ring (bicyclic) bond motifs is 1. The molecule has 0 aliphatic carbocycles. The quantitative estimate of drug-likeness (QED) is 0.812. The van der Waals surface area contributed by atoms with Gasteiger partial charge in [-0.2, -0.15) is 0 Å². The fourth-order valence-electron chi connectivity index (χ4n) is 2.24. The van der Waals surface area contributed by atoms with Crippen LogP contribution in [-0.4, -0.2) is 29.9 Å². The highest BCUT2D eigenvalue weighted by molar-refractivity contribution is 6.37. The van der Waals surface area contributed by atoms with E-state index in [0.717, 1.165) is 0 Å². The number of anilines is 1. The molecule has 0 fully saturated rings. The molecule has 1 atom stereocenters. The monoisotopic (exact) mass is 338 g/mol. The molecule has 1 unspecified atom stereocenters. The zero-order chi connectivity index (χ0) is 18.4. The molecule has 0 radical (unpaired) electrons. The number of benzodiazepines with no additional fused rings is 1. The van der Waals surface area contributed by atoms with Gasteiger partial charge in [0.15, 0.2) is 0 Å². The van der Waals surface area contributed by atoms with Crippen molar-refractivity contribution >= 4 is 40.5 Å². The van der Waals surface area contributed by atoms with Crippen LogP contribution < -0.4 is 4.90 Å². The molecule has 1 N–H and O–H groups in total. The molecule has 2 aromatic rings. The summed E-state index contributed by atoms with van der Waals surface area (Å²) in [5, 5.41) is 10.8. The fraction of sp³-hybridized carbons (Fsp3) is 0.125. The first-order chi connectivity index (χ1) is 11.7. The molecule has 1 aliphatic heterocycles. The predicted molar refractivity (Wildman–Crippen MR) is 88.0 cm³/mol. The van der Waals surface area contributed by atoms with Crippen molar-refractivity contribution in [1.82, 2.24) is 0 Å². The molecule has 0 spiro atoms. The van der Waals surface area contributed by atoms with Crippen LogP contribution in [0.25, 0.3) is 0 Å². The van der Waals surface area contributed by atoms with Crippen LogP contribution in [0.3, 0.4) is 0 Å². The Balaban J connectivity index is 2.33. The molecule has 0 saturated carbocycles. The Morgan fingerprint density at radius 3 is 2.73 bits per heavy atom. The summed E-state index contributed by atoms with van der Waals surface area (Å²) in [6.07, 6.45) is -1.88. The molecular weight excluding hydrogens is 324 g/mol. The highest BCUT2D eigenvalue weighted by Crippen LogP contribution is 2.31. The van der Waals surface area contributed by atoms with Crippen LogP contribution in [0.4, 0.5) is 5.69 Å². The van der Waals surface area contributed by atoms with Crippen molar-refractivity contribution < 1.29 is 14.0 Å². The van der Waals surface area contributed by atoms with E-state index in [1.54, 1.807) is 24.3 Å². The molecule has 0 aromatic heterocycles. The van der Waals surface area contributed by atoms with Gasteiger partial charge in [0.2, 0.25) is 6.23 Å². The summed E-state index contributed by atoms with van der Waals surface area (Å²) in [7, 11) is 0. The van der Waals surface area contributed by atoms with Gasteiger partial charge in [0.25, 0.3) is 5.91 Å². The van der Waals surface area contributed by atoms with Crippen LogP contribution in [-0.2, 0) is 4.79 Å². The van der Waals surface area contributed by atoms with Gasteiger partial charge in [-0.3, -0.25) is 4.79 Å². The molecule has 1 heterocycles. The Bertz CT molecular complexity index is 884. The number of halogens is 2. The molecule has 22 heavy (non-hydrogen) atoms. The first-order valence-electron chi connectivity index (χ1n) is 7.85. The van der Waals surface area contributed by atoms with Gasteiger partial charge in [-0.25, -0.2) is 4.99 Å². The van der Waals surface area contributed by atoms with E-state index in [1.807, 2.05) is 0 Å². The van der Waals surface area contributed by atoms with Crippen molar-refractivity contribution in [2.75, 3.05) is 11.9 Å².